The van der Waals surface area contributed by atoms with E-state index < -0.39 is 26.7 Å². The second-order valence-corrected chi connectivity index (χ2v) is 12.8. The van der Waals surface area contributed by atoms with Gasteiger partial charge in [0, 0.05) is 50.6 Å². The Bertz CT molecular complexity index is 835. The lowest BCUT2D eigenvalue weighted by Crippen LogP contribution is -2.30. The highest BCUT2D eigenvalue weighted by atomic mass is 35.5. The number of aryl methyl sites for hydroxylation is 1. The van der Waals surface area contributed by atoms with Crippen LogP contribution in [-0.4, -0.2) is 79.0 Å². The molecule has 0 aliphatic rings. The minimum Gasteiger partial charge on any atom is -0.369 e. The van der Waals surface area contributed by atoms with Gasteiger partial charge in [-0.15, -0.1) is 23.2 Å². The van der Waals surface area contributed by atoms with E-state index in [1.54, 1.807) is 7.05 Å². The Hall–Kier alpha value is -0.670. The number of anilines is 1. The molecule has 10 nitrogen and oxygen atoms in total. The average Bonchev–Trinajstić information content (AvgIpc) is 2.75. The normalized spacial score (nSPS) is 12.6. The molecule has 0 atom stereocenters. The maximum atomic E-state index is 12.3. The van der Waals surface area contributed by atoms with Gasteiger partial charge in [0.15, 0.2) is 0 Å². The van der Waals surface area contributed by atoms with Gasteiger partial charge in [-0.1, -0.05) is 12.1 Å². The van der Waals surface area contributed by atoms with E-state index in [2.05, 4.69) is 4.90 Å². The Labute approximate surface area is 210 Å². The van der Waals surface area contributed by atoms with Crippen molar-refractivity contribution in [3.05, 3.63) is 29.8 Å². The number of hydrogen-bond acceptors (Lipinski definition) is 5. The van der Waals surface area contributed by atoms with Crippen LogP contribution in [-0.2, 0) is 20.3 Å². The van der Waals surface area contributed by atoms with Crippen LogP contribution in [0.4, 0.5) is 5.69 Å². The lowest BCUT2D eigenvalue weighted by Gasteiger charge is -2.29. The lowest BCUT2D eigenvalue weighted by atomic mass is 10.1. The molecule has 1 aromatic rings. The molecule has 0 fully saturated rings. The average molecular weight is 563 g/mol. The SMILES string of the molecule is CN(CCCCC(O)(P(=O)(O)O)P(=O)(O)O)C(=O)CCCc1ccc(N(CCCl)CCCl)cc1. The van der Waals surface area contributed by atoms with Gasteiger partial charge in [-0.05, 0) is 49.8 Å². The molecule has 1 amide bonds. The summed E-state index contributed by atoms with van der Waals surface area (Å²) in [5, 5.41) is 6.45. The number of hydrogen-bond donors (Lipinski definition) is 5. The number of amides is 1. The van der Waals surface area contributed by atoms with Crippen LogP contribution in [0, 0.1) is 0 Å². The summed E-state index contributed by atoms with van der Waals surface area (Å²) in [6.45, 7) is 1.63. The first-order valence-electron chi connectivity index (χ1n) is 10.8. The number of rotatable bonds is 16. The predicted octanol–water partition coefficient (Wildman–Crippen LogP) is 2.92. The van der Waals surface area contributed by atoms with Gasteiger partial charge in [-0.3, -0.25) is 13.9 Å². The molecule has 0 aliphatic heterocycles. The zero-order valence-corrected chi connectivity index (χ0v) is 22.4. The van der Waals surface area contributed by atoms with Crippen molar-refractivity contribution in [3.63, 3.8) is 0 Å². The van der Waals surface area contributed by atoms with Crippen molar-refractivity contribution in [1.82, 2.24) is 4.90 Å². The monoisotopic (exact) mass is 562 g/mol. The van der Waals surface area contributed by atoms with Crippen LogP contribution in [0.2, 0.25) is 0 Å². The Kier molecular flexibility index (Phi) is 13.1. The van der Waals surface area contributed by atoms with Crippen LogP contribution in [0.25, 0.3) is 0 Å². The van der Waals surface area contributed by atoms with Gasteiger partial charge in [-0.2, -0.15) is 0 Å². The summed E-state index contributed by atoms with van der Waals surface area (Å²) in [5.74, 6) is 0.887. The predicted molar refractivity (Wildman–Crippen MR) is 134 cm³/mol. The molecule has 34 heavy (non-hydrogen) atoms. The number of carbonyl (C=O) groups is 1. The van der Waals surface area contributed by atoms with E-state index in [1.807, 2.05) is 24.3 Å². The zero-order chi connectivity index (χ0) is 26.0. The number of benzene rings is 1. The molecule has 0 unspecified atom stereocenters. The zero-order valence-electron chi connectivity index (χ0n) is 19.1. The van der Waals surface area contributed by atoms with Gasteiger partial charge in [0.05, 0.1) is 0 Å². The summed E-state index contributed by atoms with van der Waals surface area (Å²) in [6.07, 6.45) is 0.993. The molecule has 0 spiro atoms. The van der Waals surface area contributed by atoms with E-state index in [4.69, 9.17) is 42.8 Å². The van der Waals surface area contributed by atoms with E-state index >= 15 is 0 Å². The van der Waals surface area contributed by atoms with Crippen LogP contribution in [0.1, 0.15) is 37.7 Å². The molecule has 0 radical (unpaired) electrons. The summed E-state index contributed by atoms with van der Waals surface area (Å²) >= 11 is 11.7. The minimum atomic E-state index is -5.46. The topological polar surface area (TPSA) is 159 Å². The van der Waals surface area contributed by atoms with Gasteiger partial charge in [0.1, 0.15) is 0 Å². The van der Waals surface area contributed by atoms with Crippen molar-refractivity contribution in [3.8, 4) is 0 Å². The van der Waals surface area contributed by atoms with Gasteiger partial charge in [-0.25, -0.2) is 0 Å². The maximum Gasteiger partial charge on any atom is 0.369 e. The smallest absolute Gasteiger partial charge is 0.369 e. The first-order chi connectivity index (χ1) is 15.8. The summed E-state index contributed by atoms with van der Waals surface area (Å²) in [5.41, 5.74) is 2.12. The Morgan fingerprint density at radius 3 is 1.91 bits per heavy atom. The molecule has 0 saturated heterocycles. The van der Waals surface area contributed by atoms with E-state index in [9.17, 15) is 19.0 Å². The molecule has 0 aliphatic carbocycles. The number of carbonyl (C=O) groups excluding carboxylic acids is 1. The Balaban J connectivity index is 2.45. The molecule has 1 rings (SSSR count). The van der Waals surface area contributed by atoms with Crippen LogP contribution in [0.5, 0.6) is 0 Å². The first-order valence-corrected chi connectivity index (χ1v) is 15.1. The largest absolute Gasteiger partial charge is 0.369 e. The third-order valence-electron chi connectivity index (χ3n) is 5.48. The Morgan fingerprint density at radius 2 is 1.44 bits per heavy atom. The summed E-state index contributed by atoms with van der Waals surface area (Å²) < 4.78 is 22.7. The van der Waals surface area contributed by atoms with Crippen molar-refractivity contribution < 1.29 is 38.6 Å². The second kappa shape index (κ2) is 14.2. The lowest BCUT2D eigenvalue weighted by molar-refractivity contribution is -0.130. The van der Waals surface area contributed by atoms with Crippen LogP contribution >= 0.6 is 38.4 Å². The molecule has 0 bridgehead atoms. The van der Waals surface area contributed by atoms with Gasteiger partial charge in [0.2, 0.25) is 5.91 Å². The molecule has 5 N–H and O–H groups in total. The fourth-order valence-electron chi connectivity index (χ4n) is 3.38. The van der Waals surface area contributed by atoms with Crippen molar-refractivity contribution in [2.45, 2.75) is 43.6 Å². The van der Waals surface area contributed by atoms with Crippen LogP contribution in [0.15, 0.2) is 24.3 Å². The fourth-order valence-corrected chi connectivity index (χ4v) is 6.04. The van der Waals surface area contributed by atoms with Crippen molar-refractivity contribution in [2.24, 2.45) is 0 Å². The highest BCUT2D eigenvalue weighted by molar-refractivity contribution is 7.72. The van der Waals surface area contributed by atoms with E-state index in [0.29, 0.717) is 44.1 Å². The van der Waals surface area contributed by atoms with Crippen molar-refractivity contribution in [1.29, 1.82) is 0 Å². The molecule has 14 heteroatoms. The molecule has 0 aromatic heterocycles. The third-order valence-corrected chi connectivity index (χ3v) is 9.70. The van der Waals surface area contributed by atoms with Crippen LogP contribution in [0.3, 0.4) is 0 Å². The van der Waals surface area contributed by atoms with E-state index in [-0.39, 0.29) is 25.3 Å². The number of alkyl halides is 2. The van der Waals surface area contributed by atoms with E-state index in [0.717, 1.165) is 11.3 Å². The highest BCUT2D eigenvalue weighted by Crippen LogP contribution is 2.69. The summed E-state index contributed by atoms with van der Waals surface area (Å²) in [7, 11) is -9.33. The fraction of sp³-hybridized carbons (Fsp3) is 0.650. The Morgan fingerprint density at radius 1 is 0.912 bits per heavy atom. The van der Waals surface area contributed by atoms with Crippen LogP contribution < -0.4 is 4.90 Å². The molecule has 0 saturated carbocycles. The second-order valence-electron chi connectivity index (χ2n) is 8.02. The highest BCUT2D eigenvalue weighted by Gasteiger charge is 2.58. The minimum absolute atomic E-state index is 0.0822. The number of unbranched alkanes of at least 4 members (excludes halogenated alkanes) is 1. The van der Waals surface area contributed by atoms with E-state index in [1.165, 1.54) is 4.90 Å². The third kappa shape index (κ3) is 9.41. The molecular formula is C20H34Cl2N2O8P2. The van der Waals surface area contributed by atoms with Crippen molar-refractivity contribution >= 4 is 50.0 Å². The van der Waals surface area contributed by atoms with Gasteiger partial charge < -0.3 is 34.5 Å². The van der Waals surface area contributed by atoms with Gasteiger partial charge in [0.25, 0.3) is 5.08 Å². The number of halogens is 2. The molecule has 0 heterocycles. The number of nitrogens with zero attached hydrogens (tertiary/aromatic N) is 2. The quantitative estimate of drug-likeness (QED) is 0.116. The first kappa shape index (κ1) is 31.4. The summed E-state index contributed by atoms with van der Waals surface area (Å²) in [6, 6.07) is 8.00. The maximum absolute atomic E-state index is 12.3. The summed E-state index contributed by atoms with van der Waals surface area (Å²) in [4.78, 5) is 52.4. The van der Waals surface area contributed by atoms with Crippen molar-refractivity contribution in [2.75, 3.05) is 43.3 Å². The standard InChI is InChI=1S/C20H34Cl2N2O8P2/c1-23(14-3-2-11-20(26,33(27,28)29)34(30,31)32)19(25)6-4-5-17-7-9-18(10-8-17)24(15-12-21)16-13-22/h7-10,26H,2-6,11-16H2,1H3,(H2,27,28,29)(H2,30,31,32). The number of aliphatic hydroxyl groups is 1. The molecule has 1 aromatic carbocycles. The van der Waals surface area contributed by atoms with Gasteiger partial charge >= 0.3 is 15.2 Å². The molecule has 196 valence electrons. The molecular weight excluding hydrogens is 529 g/mol.